The monoisotopic (exact) mass is 311 g/mol. The van der Waals surface area contributed by atoms with Gasteiger partial charge in [-0.1, -0.05) is 13.8 Å². The van der Waals surface area contributed by atoms with Crippen LogP contribution in [-0.4, -0.2) is 36.9 Å². The smallest absolute Gasteiger partial charge is 0.159 e. The van der Waals surface area contributed by atoms with Gasteiger partial charge in [0.1, 0.15) is 12.4 Å². The molecule has 0 amide bonds. The lowest BCUT2D eigenvalue weighted by molar-refractivity contribution is 0.101. The van der Waals surface area contributed by atoms with Crippen molar-refractivity contribution in [2.75, 3.05) is 26.2 Å². The minimum absolute atomic E-state index is 0. The second-order valence-corrected chi connectivity index (χ2v) is 6.13. The van der Waals surface area contributed by atoms with Crippen LogP contribution in [0.2, 0.25) is 0 Å². The van der Waals surface area contributed by atoms with Crippen molar-refractivity contribution < 1.29 is 9.53 Å². The van der Waals surface area contributed by atoms with Crippen molar-refractivity contribution in [3.63, 3.8) is 0 Å². The van der Waals surface area contributed by atoms with Gasteiger partial charge < -0.3 is 4.74 Å². The molecule has 0 aliphatic carbocycles. The highest BCUT2D eigenvalue weighted by atomic mass is 35.5. The summed E-state index contributed by atoms with van der Waals surface area (Å²) >= 11 is 0. The van der Waals surface area contributed by atoms with Crippen LogP contribution in [0.4, 0.5) is 0 Å². The maximum absolute atomic E-state index is 11.2. The van der Waals surface area contributed by atoms with E-state index in [4.69, 9.17) is 4.74 Å². The molecule has 0 spiro atoms. The van der Waals surface area contributed by atoms with Crippen molar-refractivity contribution in [3.8, 4) is 5.75 Å². The molecular formula is C17H26ClNO2. The summed E-state index contributed by atoms with van der Waals surface area (Å²) in [6.45, 7) is 10.3. The normalized spacial score (nSPS) is 22.4. The molecule has 0 aromatic heterocycles. The zero-order valence-corrected chi connectivity index (χ0v) is 14.0. The number of carbonyl (C=O) groups excluding carboxylic acids is 1. The molecule has 1 aliphatic rings. The maximum atomic E-state index is 11.2. The van der Waals surface area contributed by atoms with Gasteiger partial charge in [0.05, 0.1) is 0 Å². The quantitative estimate of drug-likeness (QED) is 0.777. The van der Waals surface area contributed by atoms with Gasteiger partial charge in [-0.3, -0.25) is 9.69 Å². The second kappa shape index (κ2) is 8.40. The van der Waals surface area contributed by atoms with Crippen LogP contribution in [0.5, 0.6) is 5.75 Å². The summed E-state index contributed by atoms with van der Waals surface area (Å²) in [5.41, 5.74) is 0.732. The lowest BCUT2D eigenvalue weighted by Crippen LogP contribution is -2.40. The van der Waals surface area contributed by atoms with Gasteiger partial charge >= 0.3 is 0 Å². The first-order chi connectivity index (χ1) is 9.54. The van der Waals surface area contributed by atoms with Crippen molar-refractivity contribution in [1.29, 1.82) is 0 Å². The van der Waals surface area contributed by atoms with Crippen LogP contribution in [-0.2, 0) is 0 Å². The summed E-state index contributed by atoms with van der Waals surface area (Å²) in [6, 6.07) is 7.39. The predicted molar refractivity (Wildman–Crippen MR) is 88.6 cm³/mol. The Labute approximate surface area is 134 Å². The van der Waals surface area contributed by atoms with Crippen LogP contribution in [0.25, 0.3) is 0 Å². The fraction of sp³-hybridized carbons (Fsp3) is 0.588. The summed E-state index contributed by atoms with van der Waals surface area (Å²) < 4.78 is 5.76. The van der Waals surface area contributed by atoms with Gasteiger partial charge in [-0.15, -0.1) is 12.4 Å². The topological polar surface area (TPSA) is 29.5 Å². The minimum atomic E-state index is 0. The molecule has 3 nitrogen and oxygen atoms in total. The van der Waals surface area contributed by atoms with Gasteiger partial charge in [-0.25, -0.2) is 0 Å². The van der Waals surface area contributed by atoms with E-state index in [-0.39, 0.29) is 18.2 Å². The number of nitrogens with zero attached hydrogens (tertiary/aromatic N) is 1. The predicted octanol–water partition coefficient (Wildman–Crippen LogP) is 3.67. The molecule has 2 rings (SSSR count). The number of halogens is 1. The number of hydrogen-bond acceptors (Lipinski definition) is 3. The molecule has 1 saturated heterocycles. The minimum Gasteiger partial charge on any atom is -0.492 e. The molecule has 1 fully saturated rings. The third-order valence-corrected chi connectivity index (χ3v) is 3.88. The van der Waals surface area contributed by atoms with E-state index in [1.54, 1.807) is 6.92 Å². The van der Waals surface area contributed by atoms with Crippen LogP contribution in [0.1, 0.15) is 37.6 Å². The van der Waals surface area contributed by atoms with Gasteiger partial charge in [0, 0.05) is 25.2 Å². The zero-order valence-electron chi connectivity index (χ0n) is 13.2. The average molecular weight is 312 g/mol. The first-order valence-corrected chi connectivity index (χ1v) is 7.50. The molecule has 1 aliphatic heterocycles. The number of benzene rings is 1. The fourth-order valence-corrected chi connectivity index (χ4v) is 3.05. The molecule has 2 atom stereocenters. The van der Waals surface area contributed by atoms with Crippen molar-refractivity contribution in [2.24, 2.45) is 11.8 Å². The Balaban J connectivity index is 0.00000220. The molecule has 2 unspecified atom stereocenters. The molecule has 0 saturated carbocycles. The van der Waals surface area contributed by atoms with Crippen molar-refractivity contribution in [3.05, 3.63) is 29.8 Å². The van der Waals surface area contributed by atoms with Crippen molar-refractivity contribution in [1.82, 2.24) is 4.90 Å². The molecule has 1 aromatic carbocycles. The summed E-state index contributed by atoms with van der Waals surface area (Å²) in [4.78, 5) is 13.7. The number of rotatable bonds is 5. The summed E-state index contributed by atoms with van der Waals surface area (Å²) in [7, 11) is 0. The molecule has 0 radical (unpaired) electrons. The highest BCUT2D eigenvalue weighted by molar-refractivity contribution is 5.94. The van der Waals surface area contributed by atoms with Crippen LogP contribution in [0.15, 0.2) is 24.3 Å². The Kier molecular flexibility index (Phi) is 7.20. The first kappa shape index (κ1) is 18.0. The Morgan fingerprint density at radius 3 is 2.29 bits per heavy atom. The lowest BCUT2D eigenvalue weighted by Gasteiger charge is -2.34. The first-order valence-electron chi connectivity index (χ1n) is 7.50. The van der Waals surface area contributed by atoms with Crippen molar-refractivity contribution >= 4 is 18.2 Å². The number of Topliss-reactive ketones (excluding diaryl/α,β-unsaturated/α-hetero) is 1. The molecule has 0 bridgehead atoms. The zero-order chi connectivity index (χ0) is 14.5. The maximum Gasteiger partial charge on any atom is 0.159 e. The molecule has 1 heterocycles. The number of likely N-dealkylation sites (tertiary alicyclic amines) is 1. The van der Waals surface area contributed by atoms with E-state index >= 15 is 0 Å². The van der Waals surface area contributed by atoms with Gasteiger partial charge in [0.2, 0.25) is 0 Å². The number of ketones is 1. The summed E-state index contributed by atoms with van der Waals surface area (Å²) in [5, 5.41) is 0. The third kappa shape index (κ3) is 5.68. The van der Waals surface area contributed by atoms with Gasteiger partial charge in [-0.05, 0) is 49.4 Å². The van der Waals surface area contributed by atoms with Crippen LogP contribution in [0.3, 0.4) is 0 Å². The lowest BCUT2D eigenvalue weighted by atomic mass is 9.92. The SMILES string of the molecule is CC(=O)c1ccc(OCCN2CC(C)CC(C)C2)cc1.Cl. The van der Waals surface area contributed by atoms with E-state index in [1.165, 1.54) is 19.5 Å². The standard InChI is InChI=1S/C17H25NO2.ClH/c1-13-10-14(2)12-18(11-13)8-9-20-17-6-4-16(5-7-17)15(3)19;/h4-7,13-14H,8-12H2,1-3H3;1H. The number of carbonyl (C=O) groups is 1. The molecule has 21 heavy (non-hydrogen) atoms. The van der Waals surface area contributed by atoms with E-state index in [0.717, 1.165) is 29.7 Å². The molecule has 1 aromatic rings. The van der Waals surface area contributed by atoms with E-state index in [0.29, 0.717) is 6.61 Å². The Morgan fingerprint density at radius 2 is 1.76 bits per heavy atom. The molecule has 118 valence electrons. The number of hydrogen-bond donors (Lipinski definition) is 0. The summed E-state index contributed by atoms with van der Waals surface area (Å²) in [5.74, 6) is 2.50. The van der Waals surface area contributed by atoms with E-state index in [2.05, 4.69) is 18.7 Å². The van der Waals surface area contributed by atoms with Crippen LogP contribution in [0, 0.1) is 11.8 Å². The Hall–Kier alpha value is -1.06. The number of ether oxygens (including phenoxy) is 1. The second-order valence-electron chi connectivity index (χ2n) is 6.13. The average Bonchev–Trinajstić information content (AvgIpc) is 2.38. The van der Waals surface area contributed by atoms with E-state index in [9.17, 15) is 4.79 Å². The number of piperidine rings is 1. The van der Waals surface area contributed by atoms with Crippen LogP contribution < -0.4 is 4.74 Å². The Bertz CT molecular complexity index is 437. The van der Waals surface area contributed by atoms with Gasteiger partial charge in [-0.2, -0.15) is 0 Å². The highest BCUT2D eigenvalue weighted by Gasteiger charge is 2.21. The van der Waals surface area contributed by atoms with Crippen molar-refractivity contribution in [2.45, 2.75) is 27.2 Å². The van der Waals surface area contributed by atoms with Gasteiger partial charge in [0.15, 0.2) is 5.78 Å². The highest BCUT2D eigenvalue weighted by Crippen LogP contribution is 2.20. The van der Waals surface area contributed by atoms with E-state index < -0.39 is 0 Å². The Morgan fingerprint density at radius 1 is 1.19 bits per heavy atom. The fourth-order valence-electron chi connectivity index (χ4n) is 3.05. The molecule has 0 N–H and O–H groups in total. The molecule has 4 heteroatoms. The van der Waals surface area contributed by atoms with Crippen LogP contribution >= 0.6 is 12.4 Å². The van der Waals surface area contributed by atoms with E-state index in [1.807, 2.05) is 24.3 Å². The summed E-state index contributed by atoms with van der Waals surface area (Å²) in [6.07, 6.45) is 1.34. The van der Waals surface area contributed by atoms with Gasteiger partial charge in [0.25, 0.3) is 0 Å². The molecular weight excluding hydrogens is 286 g/mol. The largest absolute Gasteiger partial charge is 0.492 e. The third-order valence-electron chi connectivity index (χ3n) is 3.88.